The minimum atomic E-state index is -0.935. The fourth-order valence-corrected chi connectivity index (χ4v) is 3.38. The molecule has 1 aliphatic rings. The Morgan fingerprint density at radius 3 is 2.42 bits per heavy atom. The molecule has 0 saturated carbocycles. The molecule has 0 aromatic heterocycles. The van der Waals surface area contributed by atoms with Crippen LogP contribution >= 0.6 is 0 Å². The smallest absolute Gasteiger partial charge is 0.336 e. The van der Waals surface area contributed by atoms with Crippen molar-refractivity contribution < 1.29 is 28.8 Å². The van der Waals surface area contributed by atoms with Crippen molar-refractivity contribution in [1.29, 1.82) is 0 Å². The Morgan fingerprint density at radius 1 is 1.19 bits per heavy atom. The Labute approximate surface area is 179 Å². The third-order valence-electron chi connectivity index (χ3n) is 4.59. The molecule has 10 heteroatoms. The summed E-state index contributed by atoms with van der Waals surface area (Å²) in [5.41, 5.74) is 1.36. The number of benzene rings is 1. The number of carbonyl (C=O) groups excluding carboxylic acids is 3. The number of methoxy groups -OCH3 is 1. The lowest BCUT2D eigenvalue weighted by atomic mass is 9.80. The van der Waals surface area contributed by atoms with Crippen LogP contribution in [0.4, 0.5) is 5.69 Å². The van der Waals surface area contributed by atoms with Crippen LogP contribution in [-0.4, -0.2) is 42.5 Å². The highest BCUT2D eigenvalue weighted by Crippen LogP contribution is 2.39. The Balaban J connectivity index is 2.51. The number of esters is 2. The normalized spacial score (nSPS) is 16.0. The first kappa shape index (κ1) is 23.6. The summed E-state index contributed by atoms with van der Waals surface area (Å²) in [5.74, 6) is -2.85. The third-order valence-corrected chi connectivity index (χ3v) is 4.59. The second-order valence-electron chi connectivity index (χ2n) is 7.20. The van der Waals surface area contributed by atoms with E-state index in [2.05, 4.69) is 10.6 Å². The molecule has 0 saturated heterocycles. The lowest BCUT2D eigenvalue weighted by Crippen LogP contribution is -2.38. The van der Waals surface area contributed by atoms with Gasteiger partial charge in [0.1, 0.15) is 6.54 Å². The van der Waals surface area contributed by atoms with Crippen molar-refractivity contribution in [2.45, 2.75) is 39.7 Å². The molecule has 1 amide bonds. The molecular weight excluding hydrogens is 406 g/mol. The van der Waals surface area contributed by atoms with Crippen molar-refractivity contribution >= 4 is 23.5 Å². The molecule has 166 valence electrons. The van der Waals surface area contributed by atoms with Crippen molar-refractivity contribution in [2.24, 2.45) is 0 Å². The maximum Gasteiger partial charge on any atom is 0.336 e. The van der Waals surface area contributed by atoms with Crippen LogP contribution < -0.4 is 10.6 Å². The molecule has 1 heterocycles. The lowest BCUT2D eigenvalue weighted by molar-refractivity contribution is -0.384. The first-order valence-electron chi connectivity index (χ1n) is 9.55. The molecule has 10 nitrogen and oxygen atoms in total. The zero-order valence-corrected chi connectivity index (χ0v) is 18.0. The summed E-state index contributed by atoms with van der Waals surface area (Å²) in [6.07, 6.45) is -0.337. The van der Waals surface area contributed by atoms with Crippen molar-refractivity contribution in [1.82, 2.24) is 10.6 Å². The summed E-state index contributed by atoms with van der Waals surface area (Å²) in [7, 11) is 1.21. The minimum Gasteiger partial charge on any atom is -0.466 e. The van der Waals surface area contributed by atoms with Gasteiger partial charge in [-0.2, -0.15) is 0 Å². The summed E-state index contributed by atoms with van der Waals surface area (Å²) >= 11 is 0. The van der Waals surface area contributed by atoms with E-state index in [-0.39, 0.29) is 29.5 Å². The van der Waals surface area contributed by atoms with E-state index in [4.69, 9.17) is 9.47 Å². The molecule has 2 rings (SSSR count). The molecule has 2 N–H and O–H groups in total. The number of nitrogens with zero attached hydrogens (tertiary/aromatic N) is 1. The van der Waals surface area contributed by atoms with Crippen molar-refractivity contribution in [3.63, 3.8) is 0 Å². The fraction of sp³-hybridized carbons (Fsp3) is 0.381. The van der Waals surface area contributed by atoms with Crippen LogP contribution in [0, 0.1) is 10.1 Å². The molecule has 1 aliphatic heterocycles. The molecule has 1 aromatic rings. The highest BCUT2D eigenvalue weighted by atomic mass is 16.6. The number of nitrogens with one attached hydrogen (secondary N) is 2. The van der Waals surface area contributed by atoms with Crippen LogP contribution in [0.25, 0.3) is 0 Å². The first-order chi connectivity index (χ1) is 14.6. The van der Waals surface area contributed by atoms with E-state index in [0.717, 1.165) is 0 Å². The maximum absolute atomic E-state index is 13.0. The number of nitro groups is 1. The summed E-state index contributed by atoms with van der Waals surface area (Å²) in [4.78, 5) is 48.1. The van der Waals surface area contributed by atoms with Gasteiger partial charge in [-0.3, -0.25) is 19.7 Å². The van der Waals surface area contributed by atoms with Crippen LogP contribution in [0.2, 0.25) is 0 Å². The molecule has 1 unspecified atom stereocenters. The lowest BCUT2D eigenvalue weighted by Gasteiger charge is -2.30. The van der Waals surface area contributed by atoms with Crippen molar-refractivity contribution in [2.75, 3.05) is 13.7 Å². The van der Waals surface area contributed by atoms with E-state index in [1.807, 2.05) is 0 Å². The van der Waals surface area contributed by atoms with Gasteiger partial charge >= 0.3 is 11.9 Å². The number of carbonyl (C=O) groups is 3. The van der Waals surface area contributed by atoms with Crippen LogP contribution in [0.5, 0.6) is 0 Å². The van der Waals surface area contributed by atoms with Gasteiger partial charge in [0.2, 0.25) is 5.91 Å². The number of nitro benzene ring substituents is 1. The fourth-order valence-electron chi connectivity index (χ4n) is 3.38. The van der Waals surface area contributed by atoms with Crippen molar-refractivity contribution in [3.05, 3.63) is 62.5 Å². The number of hydrogen-bond donors (Lipinski definition) is 2. The van der Waals surface area contributed by atoms with Crippen molar-refractivity contribution in [3.8, 4) is 0 Å². The zero-order chi connectivity index (χ0) is 23.3. The van der Waals surface area contributed by atoms with Gasteiger partial charge in [0, 0.05) is 29.1 Å². The van der Waals surface area contributed by atoms with Crippen LogP contribution in [0.3, 0.4) is 0 Å². The Bertz CT molecular complexity index is 979. The van der Waals surface area contributed by atoms with E-state index in [0.29, 0.717) is 17.0 Å². The van der Waals surface area contributed by atoms with Gasteiger partial charge in [0.05, 0.1) is 29.6 Å². The number of hydrogen-bond acceptors (Lipinski definition) is 8. The average Bonchev–Trinajstić information content (AvgIpc) is 2.70. The van der Waals surface area contributed by atoms with Gasteiger partial charge in [-0.1, -0.05) is 12.1 Å². The highest BCUT2D eigenvalue weighted by Gasteiger charge is 2.37. The maximum atomic E-state index is 13.0. The Hall–Kier alpha value is -3.69. The Morgan fingerprint density at radius 2 is 1.84 bits per heavy atom. The topological polar surface area (TPSA) is 137 Å². The largest absolute Gasteiger partial charge is 0.466 e. The third kappa shape index (κ3) is 5.47. The number of ether oxygens (including phenoxy) is 2. The summed E-state index contributed by atoms with van der Waals surface area (Å²) in [6, 6.07) is 5.69. The second-order valence-corrected chi connectivity index (χ2v) is 7.20. The minimum absolute atomic E-state index is 0.142. The number of non-ortho nitro benzene ring substituents is 1. The van der Waals surface area contributed by atoms with Gasteiger partial charge in [0.25, 0.3) is 5.69 Å². The quantitative estimate of drug-likeness (QED) is 0.380. The standard InChI is InChI=1S/C21H25N3O7/c1-11(2)31-16(25)10-22-20(26)17-12(3)23-13(4)18(21(27)30-5)19(17)14-7-6-8-15(9-14)24(28)29/h6-9,11,19,23H,10H2,1-5H3,(H,22,26). The highest BCUT2D eigenvalue weighted by molar-refractivity contribution is 6.02. The summed E-state index contributed by atoms with van der Waals surface area (Å²) in [5, 5.41) is 16.7. The van der Waals surface area contributed by atoms with Gasteiger partial charge in [-0.15, -0.1) is 0 Å². The van der Waals surface area contributed by atoms with Gasteiger partial charge in [0.15, 0.2) is 0 Å². The van der Waals surface area contributed by atoms with E-state index >= 15 is 0 Å². The first-order valence-corrected chi connectivity index (χ1v) is 9.55. The average molecular weight is 431 g/mol. The molecule has 1 atom stereocenters. The summed E-state index contributed by atoms with van der Waals surface area (Å²) in [6.45, 7) is 6.29. The number of allylic oxidation sites excluding steroid dienone is 2. The molecule has 0 radical (unpaired) electrons. The number of rotatable bonds is 7. The van der Waals surface area contributed by atoms with Crippen LogP contribution in [0.15, 0.2) is 46.8 Å². The van der Waals surface area contributed by atoms with Gasteiger partial charge < -0.3 is 20.1 Å². The van der Waals surface area contributed by atoms with E-state index < -0.39 is 28.7 Å². The molecule has 0 spiro atoms. The number of amides is 1. The van der Waals surface area contributed by atoms with Gasteiger partial charge in [-0.05, 0) is 33.3 Å². The van der Waals surface area contributed by atoms with Crippen LogP contribution in [0.1, 0.15) is 39.2 Å². The predicted molar refractivity (Wildman–Crippen MR) is 111 cm³/mol. The van der Waals surface area contributed by atoms with E-state index in [1.54, 1.807) is 33.8 Å². The monoisotopic (exact) mass is 431 g/mol. The molecule has 0 bridgehead atoms. The van der Waals surface area contributed by atoms with E-state index in [9.17, 15) is 24.5 Å². The molecule has 0 fully saturated rings. The van der Waals surface area contributed by atoms with E-state index in [1.165, 1.54) is 25.3 Å². The molecular formula is C21H25N3O7. The zero-order valence-electron chi connectivity index (χ0n) is 18.0. The second kappa shape index (κ2) is 9.88. The summed E-state index contributed by atoms with van der Waals surface area (Å²) < 4.78 is 9.91. The number of dihydropyridines is 1. The van der Waals surface area contributed by atoms with Gasteiger partial charge in [-0.25, -0.2) is 4.79 Å². The van der Waals surface area contributed by atoms with Crippen LogP contribution in [-0.2, 0) is 23.9 Å². The predicted octanol–water partition coefficient (Wildman–Crippen LogP) is 2.07. The molecule has 0 aliphatic carbocycles. The molecule has 31 heavy (non-hydrogen) atoms. The SMILES string of the molecule is COC(=O)C1=C(C)NC(C)=C(C(=O)NCC(=O)OC(C)C)C1c1cccc([N+](=O)[O-])c1. The Kier molecular flexibility index (Phi) is 7.51. The molecule has 1 aromatic carbocycles.